The van der Waals surface area contributed by atoms with Crippen LogP contribution in [-0.4, -0.2) is 23.6 Å². The van der Waals surface area contributed by atoms with Crippen molar-refractivity contribution < 1.29 is 19.1 Å². The zero-order valence-corrected chi connectivity index (χ0v) is 17.3. The average molecular weight is 375 g/mol. The molecule has 0 aromatic heterocycles. The second kappa shape index (κ2) is 7.44. The molecule has 7 atom stereocenters. The van der Waals surface area contributed by atoms with Crippen molar-refractivity contribution in [1.29, 1.82) is 0 Å². The Bertz CT molecular complexity index is 651. The number of ether oxygens (including phenoxy) is 2. The van der Waals surface area contributed by atoms with Crippen molar-refractivity contribution in [3.05, 3.63) is 24.3 Å². The highest BCUT2D eigenvalue weighted by molar-refractivity contribution is 5.87. The minimum atomic E-state index is -0.383. The summed E-state index contributed by atoms with van der Waals surface area (Å²) in [4.78, 5) is 24.1. The van der Waals surface area contributed by atoms with Crippen molar-refractivity contribution >= 4 is 11.9 Å². The number of rotatable bonds is 7. The summed E-state index contributed by atoms with van der Waals surface area (Å²) in [6, 6.07) is 0. The fourth-order valence-electron chi connectivity index (χ4n) is 5.97. The summed E-state index contributed by atoms with van der Waals surface area (Å²) in [6.07, 6.45) is 6.54. The first-order valence-corrected chi connectivity index (χ1v) is 10.4. The maximum Gasteiger partial charge on any atom is 0.333 e. The molecule has 27 heavy (non-hydrogen) atoms. The molecule has 0 N–H and O–H groups in total. The molecule has 0 aromatic carbocycles. The second-order valence-corrected chi connectivity index (χ2v) is 9.46. The second-order valence-electron chi connectivity index (χ2n) is 9.46. The fourth-order valence-corrected chi connectivity index (χ4v) is 5.97. The summed E-state index contributed by atoms with van der Waals surface area (Å²) in [5.74, 6) is 2.34. The Morgan fingerprint density at radius 3 is 2.37 bits per heavy atom. The topological polar surface area (TPSA) is 52.6 Å². The third kappa shape index (κ3) is 3.86. The number of carbonyl (C=O) groups excluding carboxylic acids is 2. The van der Waals surface area contributed by atoms with Gasteiger partial charge in [0, 0.05) is 17.1 Å². The monoisotopic (exact) mass is 374 g/mol. The minimum Gasteiger partial charge on any atom is -0.459 e. The molecular formula is C23H34O4. The van der Waals surface area contributed by atoms with Gasteiger partial charge >= 0.3 is 11.9 Å². The Morgan fingerprint density at radius 1 is 1.07 bits per heavy atom. The van der Waals surface area contributed by atoms with Crippen molar-refractivity contribution in [2.45, 2.75) is 77.9 Å². The largest absolute Gasteiger partial charge is 0.459 e. The van der Waals surface area contributed by atoms with Gasteiger partial charge in [-0.3, -0.25) is 0 Å². The predicted octanol–water partition coefficient (Wildman–Crippen LogP) is 4.83. The van der Waals surface area contributed by atoms with Gasteiger partial charge in [0.05, 0.1) is 6.10 Å². The van der Waals surface area contributed by atoms with Crippen LogP contribution in [0.3, 0.4) is 0 Å². The van der Waals surface area contributed by atoms with Gasteiger partial charge in [-0.2, -0.15) is 0 Å². The van der Waals surface area contributed by atoms with Crippen LogP contribution in [0.5, 0.6) is 0 Å². The van der Waals surface area contributed by atoms with E-state index in [-0.39, 0.29) is 23.6 Å². The third-order valence-corrected chi connectivity index (χ3v) is 7.32. The first-order chi connectivity index (χ1) is 12.6. The highest BCUT2D eigenvalue weighted by Gasteiger charge is 2.60. The third-order valence-electron chi connectivity index (χ3n) is 7.32. The summed E-state index contributed by atoms with van der Waals surface area (Å²) in [6.45, 7) is 14.9. The van der Waals surface area contributed by atoms with Crippen molar-refractivity contribution in [1.82, 2.24) is 0 Å². The van der Waals surface area contributed by atoms with Crippen LogP contribution in [0.15, 0.2) is 24.3 Å². The Balaban J connectivity index is 1.69. The number of carbonyl (C=O) groups is 2. The normalized spacial score (nSPS) is 37.6. The maximum atomic E-state index is 12.3. The summed E-state index contributed by atoms with van der Waals surface area (Å²) in [7, 11) is 0. The molecule has 4 fully saturated rings. The van der Waals surface area contributed by atoms with Gasteiger partial charge in [0.2, 0.25) is 0 Å². The lowest BCUT2D eigenvalue weighted by molar-refractivity contribution is -0.217. The molecular weight excluding hydrogens is 340 g/mol. The van der Waals surface area contributed by atoms with E-state index in [1.807, 2.05) is 6.92 Å². The number of esters is 2. The zero-order chi connectivity index (χ0) is 19.9. The van der Waals surface area contributed by atoms with Crippen molar-refractivity contribution in [3.8, 4) is 0 Å². The Labute approximate surface area is 163 Å². The highest BCUT2D eigenvalue weighted by atomic mass is 16.6. The number of hydrogen-bond donors (Lipinski definition) is 0. The first-order valence-electron chi connectivity index (χ1n) is 10.4. The van der Waals surface area contributed by atoms with Crippen LogP contribution in [0, 0.1) is 29.6 Å². The molecule has 150 valence electrons. The lowest BCUT2D eigenvalue weighted by Gasteiger charge is -2.62. The molecule has 4 aliphatic carbocycles. The van der Waals surface area contributed by atoms with Crippen LogP contribution in [-0.2, 0) is 19.1 Å². The van der Waals surface area contributed by atoms with Crippen LogP contribution in [0.2, 0.25) is 0 Å². The average Bonchev–Trinajstić information content (AvgIpc) is 2.58. The van der Waals surface area contributed by atoms with Crippen LogP contribution < -0.4 is 0 Å². The molecule has 4 nitrogen and oxygen atoms in total. The molecule has 4 rings (SSSR count). The molecule has 0 aromatic rings. The predicted molar refractivity (Wildman–Crippen MR) is 105 cm³/mol. The highest BCUT2D eigenvalue weighted by Crippen LogP contribution is 2.62. The lowest BCUT2D eigenvalue weighted by atomic mass is 9.45. The van der Waals surface area contributed by atoms with Crippen LogP contribution in [0.1, 0.15) is 66.2 Å². The standard InChI is InChI=1S/C23H34O4/c1-13(2)21(24)26-15(5)7-8-19-17-9-16-10-18(12-17)23(6,20(19)11-16)27-22(25)14(3)4/h15-20H,1,3,7-12H2,2,4-6H3. The van der Waals surface area contributed by atoms with E-state index in [2.05, 4.69) is 20.1 Å². The summed E-state index contributed by atoms with van der Waals surface area (Å²) in [5.41, 5.74) is 0.531. The quantitative estimate of drug-likeness (QED) is 0.473. The van der Waals surface area contributed by atoms with E-state index in [9.17, 15) is 9.59 Å². The molecule has 0 amide bonds. The smallest absolute Gasteiger partial charge is 0.333 e. The van der Waals surface area contributed by atoms with Crippen molar-refractivity contribution in [2.75, 3.05) is 0 Å². The van der Waals surface area contributed by atoms with Gasteiger partial charge < -0.3 is 9.47 Å². The van der Waals surface area contributed by atoms with Crippen LogP contribution in [0.25, 0.3) is 0 Å². The summed E-state index contributed by atoms with van der Waals surface area (Å²) >= 11 is 0. The van der Waals surface area contributed by atoms with E-state index in [1.54, 1.807) is 13.8 Å². The van der Waals surface area contributed by atoms with E-state index in [0.717, 1.165) is 31.6 Å². The molecule has 0 spiro atoms. The van der Waals surface area contributed by atoms with E-state index in [0.29, 0.717) is 34.8 Å². The van der Waals surface area contributed by atoms with E-state index < -0.39 is 0 Å². The molecule has 7 unspecified atom stereocenters. The Hall–Kier alpha value is -1.58. The summed E-state index contributed by atoms with van der Waals surface area (Å²) < 4.78 is 11.5. The molecule has 0 saturated heterocycles. The van der Waals surface area contributed by atoms with Gasteiger partial charge in [0.25, 0.3) is 0 Å². The summed E-state index contributed by atoms with van der Waals surface area (Å²) in [5, 5.41) is 0. The Morgan fingerprint density at radius 2 is 1.74 bits per heavy atom. The molecule has 0 aliphatic heterocycles. The lowest BCUT2D eigenvalue weighted by Crippen LogP contribution is -2.61. The maximum absolute atomic E-state index is 12.3. The molecule has 0 radical (unpaired) electrons. The van der Waals surface area contributed by atoms with Gasteiger partial charge in [0.15, 0.2) is 0 Å². The van der Waals surface area contributed by atoms with E-state index in [1.165, 1.54) is 12.8 Å². The SMILES string of the molecule is C=C(C)C(=O)OC(C)CCC1C2CC3CC(C2)C(C)(OC(=O)C(=C)C)C1C3. The van der Waals surface area contributed by atoms with Crippen LogP contribution in [0.4, 0.5) is 0 Å². The van der Waals surface area contributed by atoms with Crippen molar-refractivity contribution in [2.24, 2.45) is 29.6 Å². The fraction of sp³-hybridized carbons (Fsp3) is 0.739. The minimum absolute atomic E-state index is 0.115. The Kier molecular flexibility index (Phi) is 5.56. The first kappa shape index (κ1) is 20.2. The molecule has 4 aliphatic rings. The molecule has 4 saturated carbocycles. The van der Waals surface area contributed by atoms with Gasteiger partial charge in [-0.15, -0.1) is 0 Å². The van der Waals surface area contributed by atoms with Gasteiger partial charge in [-0.05, 0) is 89.9 Å². The number of hydrogen-bond acceptors (Lipinski definition) is 4. The van der Waals surface area contributed by atoms with Gasteiger partial charge in [-0.1, -0.05) is 13.2 Å². The zero-order valence-electron chi connectivity index (χ0n) is 17.3. The van der Waals surface area contributed by atoms with Gasteiger partial charge in [-0.25, -0.2) is 9.59 Å². The van der Waals surface area contributed by atoms with Gasteiger partial charge in [0.1, 0.15) is 5.60 Å². The van der Waals surface area contributed by atoms with Crippen molar-refractivity contribution in [3.63, 3.8) is 0 Å². The molecule has 4 bridgehead atoms. The molecule has 0 heterocycles. The molecule has 4 heteroatoms. The van der Waals surface area contributed by atoms with E-state index in [4.69, 9.17) is 9.47 Å². The van der Waals surface area contributed by atoms with Crippen LogP contribution >= 0.6 is 0 Å². The van der Waals surface area contributed by atoms with E-state index >= 15 is 0 Å².